The Morgan fingerprint density at radius 2 is 1.87 bits per heavy atom. The van der Waals surface area contributed by atoms with Gasteiger partial charge in [0.05, 0.1) is 0 Å². The molecule has 1 aromatic carbocycles. The summed E-state index contributed by atoms with van der Waals surface area (Å²) in [6.45, 7) is 4.23. The van der Waals surface area contributed by atoms with Gasteiger partial charge in [0.25, 0.3) is 0 Å². The summed E-state index contributed by atoms with van der Waals surface area (Å²) < 4.78 is 0. The topological polar surface area (TPSA) is 15.3 Å². The number of hydrogen-bond donors (Lipinski definition) is 1. The van der Waals surface area contributed by atoms with Crippen LogP contribution in [-0.2, 0) is 0 Å². The summed E-state index contributed by atoms with van der Waals surface area (Å²) in [6, 6.07) is 8.64. The van der Waals surface area contributed by atoms with E-state index in [0.29, 0.717) is 0 Å². The molecule has 84 valence electrons. The first-order valence-electron chi connectivity index (χ1n) is 5.34. The molecule has 1 rings (SSSR count). The molecule has 0 heterocycles. The number of likely N-dealkylation sites (N-methyl/N-ethyl adjacent to an activating group) is 1. The van der Waals surface area contributed by atoms with Crippen LogP contribution in [0.15, 0.2) is 29.2 Å². The van der Waals surface area contributed by atoms with Gasteiger partial charge in [-0.2, -0.15) is 0 Å². The Hall–Kier alpha value is -0.670. The third-order valence-electron chi connectivity index (χ3n) is 2.05. The van der Waals surface area contributed by atoms with E-state index in [1.165, 1.54) is 10.6 Å². The maximum Gasteiger partial charge on any atom is 0.0341 e. The predicted octanol–water partition coefficient (Wildman–Crippen LogP) is 2.77. The SMILES string of the molecule is CCSc1ccc(NCCN(C)C)cc1. The first kappa shape index (κ1) is 12.4. The fourth-order valence-corrected chi connectivity index (χ4v) is 1.92. The molecule has 3 heteroatoms. The Morgan fingerprint density at radius 3 is 2.40 bits per heavy atom. The number of nitrogens with zero attached hydrogens (tertiary/aromatic N) is 1. The molecular formula is C12H20N2S. The monoisotopic (exact) mass is 224 g/mol. The smallest absolute Gasteiger partial charge is 0.0341 e. The Balaban J connectivity index is 2.36. The van der Waals surface area contributed by atoms with Crippen molar-refractivity contribution in [2.75, 3.05) is 38.3 Å². The first-order valence-corrected chi connectivity index (χ1v) is 6.32. The molecule has 0 atom stereocenters. The zero-order valence-corrected chi connectivity index (χ0v) is 10.6. The Kier molecular flexibility index (Phi) is 5.58. The minimum Gasteiger partial charge on any atom is -0.384 e. The molecule has 0 amide bonds. The van der Waals surface area contributed by atoms with Crippen molar-refractivity contribution >= 4 is 17.4 Å². The molecule has 0 unspecified atom stereocenters. The summed E-state index contributed by atoms with van der Waals surface area (Å²) >= 11 is 1.88. The van der Waals surface area contributed by atoms with Crippen LogP contribution in [0, 0.1) is 0 Å². The molecule has 0 aliphatic rings. The normalized spacial score (nSPS) is 10.7. The van der Waals surface area contributed by atoms with Crippen molar-refractivity contribution in [3.05, 3.63) is 24.3 Å². The summed E-state index contributed by atoms with van der Waals surface area (Å²) in [5, 5.41) is 3.39. The van der Waals surface area contributed by atoms with Gasteiger partial charge in [0, 0.05) is 23.7 Å². The number of benzene rings is 1. The van der Waals surface area contributed by atoms with Crippen molar-refractivity contribution in [2.24, 2.45) is 0 Å². The molecule has 15 heavy (non-hydrogen) atoms. The lowest BCUT2D eigenvalue weighted by Crippen LogP contribution is -2.20. The quantitative estimate of drug-likeness (QED) is 0.748. The van der Waals surface area contributed by atoms with E-state index in [4.69, 9.17) is 0 Å². The van der Waals surface area contributed by atoms with Crippen LogP contribution in [0.1, 0.15) is 6.92 Å². The number of rotatable bonds is 6. The standard InChI is InChI=1S/C12H20N2S/c1-4-15-12-7-5-11(6-8-12)13-9-10-14(2)3/h5-8,13H,4,9-10H2,1-3H3. The van der Waals surface area contributed by atoms with Crippen molar-refractivity contribution in [2.45, 2.75) is 11.8 Å². The highest BCUT2D eigenvalue weighted by Crippen LogP contribution is 2.19. The van der Waals surface area contributed by atoms with Crippen LogP contribution >= 0.6 is 11.8 Å². The van der Waals surface area contributed by atoms with Crippen molar-refractivity contribution < 1.29 is 0 Å². The van der Waals surface area contributed by atoms with E-state index in [0.717, 1.165) is 18.8 Å². The average Bonchev–Trinajstić information content (AvgIpc) is 2.20. The van der Waals surface area contributed by atoms with Gasteiger partial charge >= 0.3 is 0 Å². The lowest BCUT2D eigenvalue weighted by Gasteiger charge is -2.11. The fraction of sp³-hybridized carbons (Fsp3) is 0.500. The van der Waals surface area contributed by atoms with Gasteiger partial charge in [0.1, 0.15) is 0 Å². The van der Waals surface area contributed by atoms with E-state index >= 15 is 0 Å². The molecule has 0 saturated carbocycles. The van der Waals surface area contributed by atoms with E-state index in [2.05, 4.69) is 55.5 Å². The third kappa shape index (κ3) is 5.09. The second kappa shape index (κ2) is 6.75. The van der Waals surface area contributed by atoms with Gasteiger partial charge in [-0.1, -0.05) is 6.92 Å². The molecule has 0 saturated heterocycles. The molecule has 0 bridgehead atoms. The molecule has 2 nitrogen and oxygen atoms in total. The van der Waals surface area contributed by atoms with Crippen molar-refractivity contribution in [1.82, 2.24) is 4.90 Å². The number of thioether (sulfide) groups is 1. The largest absolute Gasteiger partial charge is 0.384 e. The van der Waals surface area contributed by atoms with Crippen LogP contribution in [0.2, 0.25) is 0 Å². The molecule has 1 aromatic rings. The lowest BCUT2D eigenvalue weighted by molar-refractivity contribution is 0.425. The van der Waals surface area contributed by atoms with Crippen LogP contribution in [0.25, 0.3) is 0 Å². The summed E-state index contributed by atoms with van der Waals surface area (Å²) in [4.78, 5) is 3.52. The average molecular weight is 224 g/mol. The zero-order chi connectivity index (χ0) is 11.1. The van der Waals surface area contributed by atoms with Crippen LogP contribution in [0.3, 0.4) is 0 Å². The van der Waals surface area contributed by atoms with Crippen LogP contribution < -0.4 is 5.32 Å². The minimum atomic E-state index is 0.993. The van der Waals surface area contributed by atoms with Gasteiger partial charge in [0.2, 0.25) is 0 Å². The molecule has 0 aromatic heterocycles. The maximum absolute atomic E-state index is 3.39. The van der Waals surface area contributed by atoms with E-state index in [9.17, 15) is 0 Å². The van der Waals surface area contributed by atoms with E-state index in [-0.39, 0.29) is 0 Å². The number of hydrogen-bond acceptors (Lipinski definition) is 3. The Labute approximate surface area is 97.1 Å². The highest BCUT2D eigenvalue weighted by Gasteiger charge is 1.94. The molecular weight excluding hydrogens is 204 g/mol. The van der Waals surface area contributed by atoms with Crippen molar-refractivity contribution in [3.8, 4) is 0 Å². The van der Waals surface area contributed by atoms with Gasteiger partial charge in [-0.3, -0.25) is 0 Å². The molecule has 0 aliphatic heterocycles. The molecule has 1 N–H and O–H groups in total. The van der Waals surface area contributed by atoms with Gasteiger partial charge in [-0.05, 0) is 44.1 Å². The zero-order valence-electron chi connectivity index (χ0n) is 9.79. The molecule has 0 radical (unpaired) electrons. The summed E-state index contributed by atoms with van der Waals surface area (Å²) in [7, 11) is 4.17. The van der Waals surface area contributed by atoms with E-state index in [1.807, 2.05) is 11.8 Å². The summed E-state index contributed by atoms with van der Waals surface area (Å²) in [6.07, 6.45) is 0. The summed E-state index contributed by atoms with van der Waals surface area (Å²) in [5.74, 6) is 1.13. The van der Waals surface area contributed by atoms with Gasteiger partial charge in [0.15, 0.2) is 0 Å². The van der Waals surface area contributed by atoms with Crippen molar-refractivity contribution in [1.29, 1.82) is 0 Å². The fourth-order valence-electron chi connectivity index (χ4n) is 1.26. The van der Waals surface area contributed by atoms with Crippen LogP contribution in [0.4, 0.5) is 5.69 Å². The van der Waals surface area contributed by atoms with Gasteiger partial charge in [-0.15, -0.1) is 11.8 Å². The van der Waals surface area contributed by atoms with Crippen LogP contribution in [0.5, 0.6) is 0 Å². The second-order valence-corrected chi connectivity index (χ2v) is 5.02. The Bertz CT molecular complexity index is 269. The van der Waals surface area contributed by atoms with Crippen LogP contribution in [-0.4, -0.2) is 37.8 Å². The van der Waals surface area contributed by atoms with Crippen molar-refractivity contribution in [3.63, 3.8) is 0 Å². The number of nitrogens with one attached hydrogen (secondary N) is 1. The van der Waals surface area contributed by atoms with Gasteiger partial charge in [-0.25, -0.2) is 0 Å². The Morgan fingerprint density at radius 1 is 1.20 bits per heavy atom. The molecule has 0 spiro atoms. The van der Waals surface area contributed by atoms with Gasteiger partial charge < -0.3 is 10.2 Å². The number of anilines is 1. The molecule has 0 fully saturated rings. The van der Waals surface area contributed by atoms with E-state index in [1.54, 1.807) is 0 Å². The first-order chi connectivity index (χ1) is 7.22. The van der Waals surface area contributed by atoms with E-state index < -0.39 is 0 Å². The minimum absolute atomic E-state index is 0.993. The third-order valence-corrected chi connectivity index (χ3v) is 2.95. The summed E-state index contributed by atoms with van der Waals surface area (Å²) in [5.41, 5.74) is 1.21. The molecule has 0 aliphatic carbocycles. The highest BCUT2D eigenvalue weighted by atomic mass is 32.2. The second-order valence-electron chi connectivity index (χ2n) is 3.69. The highest BCUT2D eigenvalue weighted by molar-refractivity contribution is 7.99. The predicted molar refractivity (Wildman–Crippen MR) is 69.9 cm³/mol. The maximum atomic E-state index is 3.39. The lowest BCUT2D eigenvalue weighted by atomic mass is 10.3.